The molecule has 1 unspecified atom stereocenters. The van der Waals surface area contributed by atoms with Gasteiger partial charge in [-0.05, 0) is 42.0 Å². The first-order valence-electron chi connectivity index (χ1n) is 12.1. The predicted molar refractivity (Wildman–Crippen MR) is 144 cm³/mol. The topological polar surface area (TPSA) is 128 Å². The van der Waals surface area contributed by atoms with Crippen molar-refractivity contribution in [2.45, 2.75) is 27.0 Å². The lowest BCUT2D eigenvalue weighted by molar-refractivity contribution is 0.0880. The second-order valence-corrected chi connectivity index (χ2v) is 10.2. The van der Waals surface area contributed by atoms with Crippen molar-refractivity contribution in [3.8, 4) is 33.9 Å². The van der Waals surface area contributed by atoms with Crippen molar-refractivity contribution in [2.75, 3.05) is 5.32 Å². The van der Waals surface area contributed by atoms with Crippen molar-refractivity contribution < 1.29 is 9.50 Å². The molecular weight excluding hydrogens is 483 g/mol. The molecule has 6 rings (SSSR count). The van der Waals surface area contributed by atoms with Crippen molar-refractivity contribution in [1.82, 2.24) is 35.1 Å². The highest BCUT2D eigenvalue weighted by Gasteiger charge is 2.22. The minimum Gasteiger partial charge on any atom is -0.373 e. The van der Waals surface area contributed by atoms with Crippen LogP contribution in [0.3, 0.4) is 0 Å². The van der Waals surface area contributed by atoms with Crippen LogP contribution >= 0.6 is 0 Å². The Morgan fingerprint density at radius 2 is 1.79 bits per heavy atom. The van der Waals surface area contributed by atoms with Gasteiger partial charge in [0.2, 0.25) is 0 Å². The lowest BCUT2D eigenvalue weighted by atomic mass is 9.94. The molecule has 4 N–H and O–H groups in total. The molecule has 0 aliphatic rings. The molecule has 0 aliphatic heterocycles. The van der Waals surface area contributed by atoms with Crippen LogP contribution in [0.2, 0.25) is 0 Å². The van der Waals surface area contributed by atoms with Crippen LogP contribution < -0.4 is 5.32 Å². The summed E-state index contributed by atoms with van der Waals surface area (Å²) in [4.78, 5) is 21.1. The molecule has 0 spiro atoms. The monoisotopic (exact) mass is 508 g/mol. The molecule has 10 heteroatoms. The van der Waals surface area contributed by atoms with Gasteiger partial charge >= 0.3 is 0 Å². The van der Waals surface area contributed by atoms with E-state index in [0.29, 0.717) is 44.9 Å². The van der Waals surface area contributed by atoms with Crippen LogP contribution in [-0.2, 0) is 0 Å². The van der Waals surface area contributed by atoms with Gasteiger partial charge in [-0.2, -0.15) is 5.10 Å². The number of aliphatic hydroxyl groups is 1. The number of fused-ring (bicyclic) bond motifs is 2. The zero-order valence-electron chi connectivity index (χ0n) is 21.0. The molecule has 9 nitrogen and oxygen atoms in total. The zero-order chi connectivity index (χ0) is 26.4. The maximum absolute atomic E-state index is 15.2. The molecule has 5 heterocycles. The van der Waals surface area contributed by atoms with E-state index in [9.17, 15) is 5.11 Å². The molecule has 0 fully saturated rings. The maximum atomic E-state index is 15.2. The van der Waals surface area contributed by atoms with Gasteiger partial charge < -0.3 is 15.4 Å². The fraction of sp³-hybridized carbons (Fsp3) is 0.179. The van der Waals surface area contributed by atoms with E-state index in [2.05, 4.69) is 35.5 Å². The summed E-state index contributed by atoms with van der Waals surface area (Å²) in [5.41, 5.74) is 5.34. The standard InChI is InChI=1S/C28H25FN8O/c1-28(2,3)27(38)33-18-9-17(13-31-14-18)16-10-19-23(20(29)11-16)36-37-24(19)26-34-21-6-8-32-22(25(21)35-26)15-5-4-7-30-12-15/h4-14,27,33,38H,1-3H3,(H,34,35)(H,36,37). The van der Waals surface area contributed by atoms with Crippen LogP contribution in [0, 0.1) is 11.2 Å². The van der Waals surface area contributed by atoms with E-state index in [1.165, 1.54) is 6.07 Å². The normalized spacial score (nSPS) is 12.8. The van der Waals surface area contributed by atoms with Gasteiger partial charge in [-0.25, -0.2) is 9.37 Å². The van der Waals surface area contributed by atoms with Crippen LogP contribution in [0.15, 0.2) is 67.4 Å². The number of aromatic nitrogens is 7. The zero-order valence-corrected chi connectivity index (χ0v) is 21.0. The summed E-state index contributed by atoms with van der Waals surface area (Å²) < 4.78 is 15.2. The minimum absolute atomic E-state index is 0.209. The number of aromatic amines is 2. The predicted octanol–water partition coefficient (Wildman–Crippen LogP) is 5.54. The number of anilines is 1. The molecule has 0 aliphatic carbocycles. The minimum atomic E-state index is -0.779. The number of nitrogens with zero attached hydrogens (tertiary/aromatic N) is 5. The van der Waals surface area contributed by atoms with E-state index >= 15 is 4.39 Å². The van der Waals surface area contributed by atoms with E-state index < -0.39 is 12.0 Å². The fourth-order valence-corrected chi connectivity index (χ4v) is 4.24. The van der Waals surface area contributed by atoms with Gasteiger partial charge in [0, 0.05) is 46.7 Å². The first-order valence-corrected chi connectivity index (χ1v) is 12.1. The summed E-state index contributed by atoms with van der Waals surface area (Å²) in [5, 5.41) is 21.2. The van der Waals surface area contributed by atoms with Crippen molar-refractivity contribution in [3.63, 3.8) is 0 Å². The van der Waals surface area contributed by atoms with Crippen molar-refractivity contribution >= 4 is 27.6 Å². The summed E-state index contributed by atoms with van der Waals surface area (Å²) in [6.45, 7) is 5.79. The third-order valence-corrected chi connectivity index (χ3v) is 6.38. The number of pyridine rings is 3. The van der Waals surface area contributed by atoms with Gasteiger partial charge in [-0.15, -0.1) is 0 Å². The van der Waals surface area contributed by atoms with E-state index in [-0.39, 0.29) is 10.9 Å². The Bertz CT molecular complexity index is 1770. The number of benzene rings is 1. The smallest absolute Gasteiger partial charge is 0.157 e. The molecule has 0 amide bonds. The van der Waals surface area contributed by atoms with Gasteiger partial charge in [-0.1, -0.05) is 20.8 Å². The molecule has 5 aromatic heterocycles. The van der Waals surface area contributed by atoms with Gasteiger partial charge in [0.25, 0.3) is 0 Å². The van der Waals surface area contributed by atoms with E-state index in [0.717, 1.165) is 11.1 Å². The van der Waals surface area contributed by atoms with Crippen molar-refractivity contribution in [3.05, 3.63) is 73.2 Å². The summed E-state index contributed by atoms with van der Waals surface area (Å²) in [6, 6.07) is 10.7. The third kappa shape index (κ3) is 4.24. The summed E-state index contributed by atoms with van der Waals surface area (Å²) in [6.07, 6.45) is 7.65. The van der Waals surface area contributed by atoms with Crippen LogP contribution in [0.5, 0.6) is 0 Å². The average molecular weight is 509 g/mol. The third-order valence-electron chi connectivity index (χ3n) is 6.38. The first kappa shape index (κ1) is 23.7. The molecule has 0 bridgehead atoms. The van der Waals surface area contributed by atoms with Crippen molar-refractivity contribution in [2.24, 2.45) is 5.41 Å². The second kappa shape index (κ2) is 9.00. The Hall–Kier alpha value is -4.70. The highest BCUT2D eigenvalue weighted by molar-refractivity contribution is 5.97. The number of nitrogens with one attached hydrogen (secondary N) is 3. The number of aliphatic hydroxyl groups excluding tert-OH is 1. The van der Waals surface area contributed by atoms with Crippen LogP contribution in [0.4, 0.5) is 10.1 Å². The number of imidazole rings is 1. The largest absolute Gasteiger partial charge is 0.373 e. The highest BCUT2D eigenvalue weighted by atomic mass is 19.1. The summed E-state index contributed by atoms with van der Waals surface area (Å²) in [7, 11) is 0. The Kier molecular flexibility index (Phi) is 5.61. The molecule has 0 radical (unpaired) electrons. The maximum Gasteiger partial charge on any atom is 0.157 e. The lowest BCUT2D eigenvalue weighted by Crippen LogP contribution is -2.33. The Labute approximate surface area is 217 Å². The number of H-pyrrole nitrogens is 2. The van der Waals surface area contributed by atoms with Crippen LogP contribution in [0.25, 0.3) is 55.8 Å². The molecule has 1 atom stereocenters. The SMILES string of the molecule is CC(C)(C)C(O)Nc1cncc(-c2cc(F)c3n[nH]c(-c4nc5c(-c6cccnc6)nccc5[nH]4)c3c2)c1. The van der Waals surface area contributed by atoms with Gasteiger partial charge in [-0.3, -0.25) is 20.1 Å². The number of halogens is 1. The molecule has 190 valence electrons. The summed E-state index contributed by atoms with van der Waals surface area (Å²) in [5.74, 6) is 0.0425. The quantitative estimate of drug-likeness (QED) is 0.225. The first-order chi connectivity index (χ1) is 18.3. The Balaban J connectivity index is 1.43. The van der Waals surface area contributed by atoms with E-state index in [4.69, 9.17) is 4.98 Å². The Morgan fingerprint density at radius 3 is 2.58 bits per heavy atom. The second-order valence-electron chi connectivity index (χ2n) is 10.2. The molecule has 0 saturated heterocycles. The Morgan fingerprint density at radius 1 is 0.947 bits per heavy atom. The molecule has 38 heavy (non-hydrogen) atoms. The van der Waals surface area contributed by atoms with Gasteiger partial charge in [0.15, 0.2) is 11.6 Å². The molecule has 0 saturated carbocycles. The van der Waals surface area contributed by atoms with Crippen LogP contribution in [0.1, 0.15) is 20.8 Å². The van der Waals surface area contributed by atoms with E-state index in [1.54, 1.807) is 31.0 Å². The highest BCUT2D eigenvalue weighted by Crippen LogP contribution is 2.34. The average Bonchev–Trinajstić information content (AvgIpc) is 3.53. The van der Waals surface area contributed by atoms with Crippen molar-refractivity contribution in [1.29, 1.82) is 0 Å². The van der Waals surface area contributed by atoms with E-state index in [1.807, 2.05) is 51.1 Å². The number of hydrogen-bond donors (Lipinski definition) is 4. The van der Waals surface area contributed by atoms with Gasteiger partial charge in [0.1, 0.15) is 23.0 Å². The van der Waals surface area contributed by atoms with Crippen LogP contribution in [-0.4, -0.2) is 46.5 Å². The molecular formula is C28H25FN8O. The van der Waals surface area contributed by atoms with Gasteiger partial charge in [0.05, 0.1) is 23.1 Å². The summed E-state index contributed by atoms with van der Waals surface area (Å²) >= 11 is 0. The number of hydrogen-bond acceptors (Lipinski definition) is 7. The lowest BCUT2D eigenvalue weighted by Gasteiger charge is -2.27. The fourth-order valence-electron chi connectivity index (χ4n) is 4.24. The molecule has 6 aromatic rings. The number of rotatable bonds is 5. The molecule has 1 aromatic carbocycles.